The molecule has 1 heterocycles. The predicted octanol–water partition coefficient (Wildman–Crippen LogP) is 7.01. The molecule has 9 heteroatoms. The van der Waals surface area contributed by atoms with Crippen LogP contribution in [0.15, 0.2) is 93.4 Å². The molecule has 1 aliphatic heterocycles. The van der Waals surface area contributed by atoms with Crippen LogP contribution in [0.25, 0.3) is 16.8 Å². The molecule has 4 aromatic rings. The molecule has 39 heavy (non-hydrogen) atoms. The Bertz CT molecular complexity index is 1630. The lowest BCUT2D eigenvalue weighted by atomic mass is 10.1. The van der Waals surface area contributed by atoms with E-state index in [-0.39, 0.29) is 5.57 Å². The summed E-state index contributed by atoms with van der Waals surface area (Å²) < 4.78 is 13.4. The number of fused-ring (bicyclic) bond motifs is 1. The third-order valence-electron chi connectivity index (χ3n) is 6.03. The van der Waals surface area contributed by atoms with Gasteiger partial charge in [0.25, 0.3) is 11.8 Å². The van der Waals surface area contributed by atoms with Crippen molar-refractivity contribution in [3.8, 4) is 11.5 Å². The Kier molecular flexibility index (Phi) is 7.81. The number of amides is 4. The number of nitrogens with one attached hydrogen (secondary N) is 1. The Balaban J connectivity index is 1.43. The summed E-state index contributed by atoms with van der Waals surface area (Å²) in [6.45, 7) is 2.55. The molecule has 5 rings (SSSR count). The first-order valence-electron chi connectivity index (χ1n) is 12.1. The summed E-state index contributed by atoms with van der Waals surface area (Å²) in [5.74, 6) is -0.553. The molecule has 0 aromatic heterocycles. The van der Waals surface area contributed by atoms with Crippen LogP contribution in [0.2, 0.25) is 0 Å². The predicted molar refractivity (Wildman–Crippen MR) is 157 cm³/mol. The number of urea groups is 1. The molecule has 0 bridgehead atoms. The van der Waals surface area contributed by atoms with Crippen LogP contribution in [0, 0.1) is 0 Å². The summed E-state index contributed by atoms with van der Waals surface area (Å²) in [5.41, 5.74) is 1.67. The fourth-order valence-electron chi connectivity index (χ4n) is 4.21. The van der Waals surface area contributed by atoms with Crippen molar-refractivity contribution in [2.45, 2.75) is 13.5 Å². The van der Waals surface area contributed by atoms with Gasteiger partial charge in [-0.3, -0.25) is 14.9 Å². The molecule has 0 spiro atoms. The second-order valence-corrected chi connectivity index (χ2v) is 10.4. The molecule has 196 valence electrons. The van der Waals surface area contributed by atoms with Crippen molar-refractivity contribution in [1.29, 1.82) is 0 Å². The Labute approximate surface area is 241 Å². The molecular formula is C30H22Br2N2O5. The fraction of sp³-hybridized carbons (Fsp3) is 0.100. The average molecular weight is 650 g/mol. The lowest BCUT2D eigenvalue weighted by Gasteiger charge is -2.26. The normalized spacial score (nSPS) is 14.6. The number of carbonyl (C=O) groups is 3. The lowest BCUT2D eigenvalue weighted by Crippen LogP contribution is -2.54. The van der Waals surface area contributed by atoms with Crippen molar-refractivity contribution in [2.75, 3.05) is 11.5 Å². The second-order valence-electron chi connectivity index (χ2n) is 8.67. The van der Waals surface area contributed by atoms with Crippen molar-refractivity contribution in [3.63, 3.8) is 0 Å². The molecule has 0 atom stereocenters. The number of halogens is 2. The highest BCUT2D eigenvalue weighted by Crippen LogP contribution is 2.38. The van der Waals surface area contributed by atoms with Gasteiger partial charge in [0.05, 0.1) is 16.8 Å². The number of nitrogens with zero attached hydrogens (tertiary/aromatic N) is 1. The van der Waals surface area contributed by atoms with Gasteiger partial charge in [-0.25, -0.2) is 9.69 Å². The van der Waals surface area contributed by atoms with Crippen molar-refractivity contribution < 1.29 is 23.9 Å². The topological polar surface area (TPSA) is 84.9 Å². The van der Waals surface area contributed by atoms with Crippen LogP contribution in [0.1, 0.15) is 18.1 Å². The zero-order valence-electron chi connectivity index (χ0n) is 20.7. The van der Waals surface area contributed by atoms with E-state index in [0.717, 1.165) is 25.7 Å². The van der Waals surface area contributed by atoms with Crippen molar-refractivity contribution >= 4 is 72.2 Å². The number of imide groups is 2. The number of benzene rings is 4. The number of anilines is 1. The maximum atomic E-state index is 13.2. The van der Waals surface area contributed by atoms with E-state index in [1.54, 1.807) is 36.4 Å². The molecule has 0 radical (unpaired) electrons. The number of hydrogen-bond donors (Lipinski definition) is 1. The molecule has 1 N–H and O–H groups in total. The molecule has 1 fully saturated rings. The maximum Gasteiger partial charge on any atom is 0.335 e. The molecule has 0 aliphatic carbocycles. The van der Waals surface area contributed by atoms with Gasteiger partial charge in [0.2, 0.25) is 0 Å². The van der Waals surface area contributed by atoms with E-state index >= 15 is 0 Å². The van der Waals surface area contributed by atoms with Gasteiger partial charge in [0.1, 0.15) is 12.2 Å². The van der Waals surface area contributed by atoms with E-state index in [1.807, 2.05) is 25.1 Å². The van der Waals surface area contributed by atoms with Crippen LogP contribution < -0.4 is 19.7 Å². The zero-order valence-corrected chi connectivity index (χ0v) is 23.9. The quantitative estimate of drug-likeness (QED) is 0.172. The highest BCUT2D eigenvalue weighted by atomic mass is 79.9. The standard InChI is InChI=1S/C30H22Br2N2O5/c1-2-38-26-16-19(14-24-28(35)33-30(37)34(29(24)36)23-11-9-22(31)10-12-23)15-25(32)27(26)39-17-18-7-8-20-5-3-4-6-21(20)13-18/h3-16H,2,17H2,1H3,(H,33,35,37)/b24-14+. The SMILES string of the molecule is CCOc1cc(/C=C2\C(=O)NC(=O)N(c3ccc(Br)cc3)C2=O)cc(Br)c1OCc1ccc2ccccc2c1. The van der Waals surface area contributed by atoms with Crippen LogP contribution in [0.5, 0.6) is 11.5 Å². The van der Waals surface area contributed by atoms with Gasteiger partial charge >= 0.3 is 6.03 Å². The van der Waals surface area contributed by atoms with Crippen LogP contribution in [0.4, 0.5) is 10.5 Å². The molecule has 1 aliphatic rings. The van der Waals surface area contributed by atoms with Gasteiger partial charge in [-0.05, 0) is 93.3 Å². The number of barbiturate groups is 1. The van der Waals surface area contributed by atoms with Gasteiger partial charge < -0.3 is 9.47 Å². The third-order valence-corrected chi connectivity index (χ3v) is 7.14. The Morgan fingerprint density at radius 1 is 0.872 bits per heavy atom. The van der Waals surface area contributed by atoms with Crippen LogP contribution in [-0.4, -0.2) is 24.5 Å². The summed E-state index contributed by atoms with van der Waals surface area (Å²) in [5, 5.41) is 4.51. The number of hydrogen-bond acceptors (Lipinski definition) is 5. The first kappa shape index (κ1) is 26.6. The zero-order chi connectivity index (χ0) is 27.5. The summed E-state index contributed by atoms with van der Waals surface area (Å²) in [4.78, 5) is 39.3. The minimum Gasteiger partial charge on any atom is -0.490 e. The highest BCUT2D eigenvalue weighted by Gasteiger charge is 2.36. The first-order valence-corrected chi connectivity index (χ1v) is 13.7. The Hall–Kier alpha value is -3.95. The summed E-state index contributed by atoms with van der Waals surface area (Å²) in [7, 11) is 0. The van der Waals surface area contributed by atoms with Gasteiger partial charge in [-0.15, -0.1) is 0 Å². The second kappa shape index (κ2) is 11.4. The first-order chi connectivity index (χ1) is 18.8. The number of carbonyl (C=O) groups excluding carboxylic acids is 3. The van der Waals surface area contributed by atoms with E-state index in [2.05, 4.69) is 61.4 Å². The van der Waals surface area contributed by atoms with E-state index in [0.29, 0.717) is 40.4 Å². The van der Waals surface area contributed by atoms with Crippen molar-refractivity contribution in [2.24, 2.45) is 0 Å². The van der Waals surface area contributed by atoms with Gasteiger partial charge in [0, 0.05) is 4.47 Å². The Morgan fingerprint density at radius 3 is 2.36 bits per heavy atom. The lowest BCUT2D eigenvalue weighted by molar-refractivity contribution is -0.122. The number of rotatable bonds is 7. The van der Waals surface area contributed by atoms with Crippen LogP contribution >= 0.6 is 31.9 Å². The summed E-state index contributed by atoms with van der Waals surface area (Å²) in [6.07, 6.45) is 1.43. The minimum atomic E-state index is -0.807. The average Bonchev–Trinajstić information content (AvgIpc) is 2.91. The summed E-state index contributed by atoms with van der Waals surface area (Å²) in [6, 6.07) is 23.5. The Morgan fingerprint density at radius 2 is 1.62 bits per heavy atom. The van der Waals surface area contributed by atoms with Gasteiger partial charge in [-0.1, -0.05) is 52.3 Å². The fourth-order valence-corrected chi connectivity index (χ4v) is 5.05. The largest absolute Gasteiger partial charge is 0.490 e. The third kappa shape index (κ3) is 5.74. The van der Waals surface area contributed by atoms with Crippen LogP contribution in [-0.2, 0) is 16.2 Å². The molecule has 7 nitrogen and oxygen atoms in total. The monoisotopic (exact) mass is 648 g/mol. The smallest absolute Gasteiger partial charge is 0.335 e. The molecular weight excluding hydrogens is 628 g/mol. The number of ether oxygens (including phenoxy) is 2. The van der Waals surface area contributed by atoms with E-state index in [1.165, 1.54) is 6.08 Å². The molecule has 0 saturated carbocycles. The van der Waals surface area contributed by atoms with Gasteiger partial charge in [-0.2, -0.15) is 0 Å². The molecule has 4 amide bonds. The van der Waals surface area contributed by atoms with Crippen LogP contribution in [0.3, 0.4) is 0 Å². The van der Waals surface area contributed by atoms with Crippen molar-refractivity contribution in [3.05, 3.63) is 105 Å². The van der Waals surface area contributed by atoms with E-state index < -0.39 is 17.8 Å². The molecule has 0 unspecified atom stereocenters. The summed E-state index contributed by atoms with van der Waals surface area (Å²) >= 11 is 6.89. The molecule has 1 saturated heterocycles. The minimum absolute atomic E-state index is 0.184. The molecule has 4 aromatic carbocycles. The van der Waals surface area contributed by atoms with Crippen molar-refractivity contribution in [1.82, 2.24) is 5.32 Å². The maximum absolute atomic E-state index is 13.2. The van der Waals surface area contributed by atoms with E-state index in [4.69, 9.17) is 9.47 Å². The van der Waals surface area contributed by atoms with E-state index in [9.17, 15) is 14.4 Å². The van der Waals surface area contributed by atoms with Gasteiger partial charge in [0.15, 0.2) is 11.5 Å². The highest BCUT2D eigenvalue weighted by molar-refractivity contribution is 9.10.